The van der Waals surface area contributed by atoms with Gasteiger partial charge in [0.1, 0.15) is 12.6 Å². The van der Waals surface area contributed by atoms with Gasteiger partial charge in [0.25, 0.3) is 10.0 Å². The molecule has 12 heteroatoms. The van der Waals surface area contributed by atoms with Crippen LogP contribution in [0.25, 0.3) is 0 Å². The summed E-state index contributed by atoms with van der Waals surface area (Å²) in [5.41, 5.74) is -0.949. The summed E-state index contributed by atoms with van der Waals surface area (Å²) in [7, 11) is -4.59. The lowest BCUT2D eigenvalue weighted by Crippen LogP contribution is -2.56. The second-order valence-corrected chi connectivity index (χ2v) is 14.2. The van der Waals surface area contributed by atoms with E-state index in [-0.39, 0.29) is 17.9 Å². The van der Waals surface area contributed by atoms with Crippen molar-refractivity contribution in [2.75, 3.05) is 10.8 Å². The number of halogens is 4. The van der Waals surface area contributed by atoms with Gasteiger partial charge < -0.3 is 10.2 Å². The average Bonchev–Trinajstić information content (AvgIpc) is 3.01. The van der Waals surface area contributed by atoms with Gasteiger partial charge in [-0.05, 0) is 62.2 Å². The van der Waals surface area contributed by atoms with Crippen LogP contribution < -0.4 is 9.62 Å². The van der Waals surface area contributed by atoms with Crippen LogP contribution in [0.2, 0.25) is 5.02 Å². The predicted octanol–water partition coefficient (Wildman–Crippen LogP) is 7.11. The van der Waals surface area contributed by atoms with Gasteiger partial charge in [-0.1, -0.05) is 90.5 Å². The third-order valence-corrected chi connectivity index (χ3v) is 9.24. The number of carbonyl (C=O) groups is 2. The van der Waals surface area contributed by atoms with Crippen molar-refractivity contribution in [2.45, 2.75) is 56.4 Å². The number of nitrogens with zero attached hydrogens (tertiary/aromatic N) is 2. The van der Waals surface area contributed by atoms with E-state index in [0.717, 1.165) is 17.7 Å². The smallest absolute Gasteiger partial charge is 0.350 e. The van der Waals surface area contributed by atoms with E-state index in [9.17, 15) is 31.2 Å². The number of rotatable bonds is 11. The Bertz CT molecular complexity index is 1780. The number of nitrogens with one attached hydrogen (secondary N) is 1. The first-order valence-electron chi connectivity index (χ1n) is 14.7. The molecule has 4 rings (SSSR count). The van der Waals surface area contributed by atoms with Gasteiger partial charge in [0, 0.05) is 18.5 Å². The minimum absolute atomic E-state index is 0.0810. The van der Waals surface area contributed by atoms with Crippen LogP contribution in [-0.4, -0.2) is 43.3 Å². The van der Waals surface area contributed by atoms with Gasteiger partial charge in [-0.3, -0.25) is 13.9 Å². The lowest BCUT2D eigenvalue weighted by molar-refractivity contribution is -0.140. The Labute approximate surface area is 278 Å². The Balaban J connectivity index is 1.86. The molecule has 0 bridgehead atoms. The lowest BCUT2D eigenvalue weighted by Gasteiger charge is -2.35. The fourth-order valence-electron chi connectivity index (χ4n) is 4.92. The first-order valence-corrected chi connectivity index (χ1v) is 16.5. The third kappa shape index (κ3) is 9.36. The van der Waals surface area contributed by atoms with Gasteiger partial charge in [-0.15, -0.1) is 0 Å². The third-order valence-electron chi connectivity index (χ3n) is 7.12. The Morgan fingerprint density at radius 3 is 1.87 bits per heavy atom. The van der Waals surface area contributed by atoms with E-state index in [1.165, 1.54) is 29.2 Å². The Morgan fingerprint density at radius 1 is 0.809 bits per heavy atom. The van der Waals surface area contributed by atoms with E-state index in [0.29, 0.717) is 15.9 Å². The van der Waals surface area contributed by atoms with Crippen molar-refractivity contribution in [2.24, 2.45) is 0 Å². The topological polar surface area (TPSA) is 86.8 Å². The predicted molar refractivity (Wildman–Crippen MR) is 176 cm³/mol. The number of benzene rings is 4. The van der Waals surface area contributed by atoms with Gasteiger partial charge in [0.2, 0.25) is 11.8 Å². The van der Waals surface area contributed by atoms with Crippen molar-refractivity contribution in [3.05, 3.63) is 131 Å². The van der Waals surface area contributed by atoms with E-state index < -0.39 is 62.4 Å². The first kappa shape index (κ1) is 35.5. The highest BCUT2D eigenvalue weighted by Crippen LogP contribution is 2.38. The van der Waals surface area contributed by atoms with Gasteiger partial charge in [0.05, 0.1) is 21.2 Å². The summed E-state index contributed by atoms with van der Waals surface area (Å²) in [5, 5.41) is 2.30. The van der Waals surface area contributed by atoms with Gasteiger partial charge in [-0.2, -0.15) is 13.2 Å². The van der Waals surface area contributed by atoms with Crippen molar-refractivity contribution in [3.8, 4) is 0 Å². The molecule has 4 aromatic carbocycles. The normalized spacial score (nSPS) is 12.7. The Morgan fingerprint density at radius 2 is 1.34 bits per heavy atom. The molecule has 0 fully saturated rings. The Kier molecular flexibility index (Phi) is 11.0. The van der Waals surface area contributed by atoms with E-state index in [1.54, 1.807) is 81.4 Å². The molecular formula is C35H35ClF3N3O4S. The molecule has 1 N–H and O–H groups in total. The summed E-state index contributed by atoms with van der Waals surface area (Å²) in [6.45, 7) is 4.39. The van der Waals surface area contributed by atoms with Gasteiger partial charge in [0.15, 0.2) is 0 Å². The molecule has 0 saturated carbocycles. The van der Waals surface area contributed by atoms with Crippen molar-refractivity contribution < 1.29 is 31.2 Å². The Hall–Kier alpha value is -4.35. The number of amides is 2. The van der Waals surface area contributed by atoms with Gasteiger partial charge >= 0.3 is 6.18 Å². The number of hydrogen-bond acceptors (Lipinski definition) is 4. The van der Waals surface area contributed by atoms with Crippen LogP contribution in [0.1, 0.15) is 37.5 Å². The standard InChI is InChI=1S/C35H35ClF3N3O4S/c1-34(2,3)40-33(44)31(21-25-13-7-4-8-14-25)41(23-26-15-9-5-10-16-26)32(43)24-42(47(45,46)28-17-11-6-12-18-28)27-19-20-30(36)29(22-27)35(37,38)39/h4-20,22,31H,21,23-24H2,1-3H3,(H,40,44). The van der Waals surface area contributed by atoms with Crippen molar-refractivity contribution >= 4 is 39.1 Å². The fourth-order valence-corrected chi connectivity index (χ4v) is 6.57. The second-order valence-electron chi connectivity index (χ2n) is 11.9. The highest BCUT2D eigenvalue weighted by Gasteiger charge is 2.38. The molecule has 248 valence electrons. The largest absolute Gasteiger partial charge is 0.417 e. The number of hydrogen-bond donors (Lipinski definition) is 1. The van der Waals surface area contributed by atoms with Crippen molar-refractivity contribution in [3.63, 3.8) is 0 Å². The zero-order valence-corrected chi connectivity index (χ0v) is 27.6. The summed E-state index contributed by atoms with van der Waals surface area (Å²) < 4.78 is 70.4. The fraction of sp³-hybridized carbons (Fsp3) is 0.257. The van der Waals surface area contributed by atoms with E-state index in [4.69, 9.17) is 11.6 Å². The zero-order valence-electron chi connectivity index (χ0n) is 26.0. The molecule has 2 amide bonds. The van der Waals surface area contributed by atoms with Crippen LogP contribution in [0.15, 0.2) is 114 Å². The maximum atomic E-state index is 14.5. The molecule has 0 radical (unpaired) electrons. The molecule has 0 saturated heterocycles. The summed E-state index contributed by atoms with van der Waals surface area (Å²) in [6, 6.07) is 26.5. The van der Waals surface area contributed by atoms with Crippen LogP contribution in [0.5, 0.6) is 0 Å². The maximum absolute atomic E-state index is 14.5. The molecular weight excluding hydrogens is 651 g/mol. The summed E-state index contributed by atoms with van der Waals surface area (Å²) in [5.74, 6) is -1.28. The molecule has 4 aromatic rings. The quantitative estimate of drug-likeness (QED) is 0.182. The van der Waals surface area contributed by atoms with Crippen LogP contribution in [0, 0.1) is 0 Å². The summed E-state index contributed by atoms with van der Waals surface area (Å²) in [6.07, 6.45) is -4.81. The molecule has 47 heavy (non-hydrogen) atoms. The monoisotopic (exact) mass is 685 g/mol. The van der Waals surface area contributed by atoms with E-state index in [1.807, 2.05) is 6.07 Å². The van der Waals surface area contributed by atoms with Crippen LogP contribution in [0.3, 0.4) is 0 Å². The van der Waals surface area contributed by atoms with Crippen LogP contribution in [0.4, 0.5) is 18.9 Å². The summed E-state index contributed by atoms with van der Waals surface area (Å²) in [4.78, 5) is 29.4. The summed E-state index contributed by atoms with van der Waals surface area (Å²) >= 11 is 5.86. The molecule has 0 aliphatic heterocycles. The number of alkyl halides is 3. The number of carbonyl (C=O) groups excluding carboxylic acids is 2. The first-order chi connectivity index (χ1) is 22.1. The van der Waals surface area contributed by atoms with Gasteiger partial charge in [-0.25, -0.2) is 8.42 Å². The maximum Gasteiger partial charge on any atom is 0.417 e. The zero-order chi connectivity index (χ0) is 34.4. The molecule has 0 spiro atoms. The number of sulfonamides is 1. The molecule has 0 aliphatic carbocycles. The highest BCUT2D eigenvalue weighted by molar-refractivity contribution is 7.92. The SMILES string of the molecule is CC(C)(C)NC(=O)C(Cc1ccccc1)N(Cc1ccccc1)C(=O)CN(c1ccc(Cl)c(C(F)(F)F)c1)S(=O)(=O)c1ccccc1. The van der Waals surface area contributed by atoms with E-state index in [2.05, 4.69) is 5.32 Å². The van der Waals surface area contributed by atoms with Crippen molar-refractivity contribution in [1.29, 1.82) is 0 Å². The van der Waals surface area contributed by atoms with Crippen molar-refractivity contribution in [1.82, 2.24) is 10.2 Å². The van der Waals surface area contributed by atoms with Crippen LogP contribution >= 0.6 is 11.6 Å². The molecule has 1 atom stereocenters. The van der Waals surface area contributed by atoms with E-state index >= 15 is 0 Å². The minimum atomic E-state index is -4.90. The molecule has 0 heterocycles. The molecule has 1 unspecified atom stereocenters. The highest BCUT2D eigenvalue weighted by atomic mass is 35.5. The number of anilines is 1. The molecule has 0 aromatic heterocycles. The molecule has 0 aliphatic rings. The van der Waals surface area contributed by atoms with Crippen LogP contribution in [-0.2, 0) is 38.8 Å². The average molecular weight is 686 g/mol. The molecule has 7 nitrogen and oxygen atoms in total. The lowest BCUT2D eigenvalue weighted by atomic mass is 10.0. The second kappa shape index (κ2) is 14.6. The minimum Gasteiger partial charge on any atom is -0.350 e.